The fourth-order valence-corrected chi connectivity index (χ4v) is 11.7. The van der Waals surface area contributed by atoms with E-state index in [1.807, 2.05) is 0 Å². The van der Waals surface area contributed by atoms with Gasteiger partial charge in [0.25, 0.3) is 17.8 Å². The molecule has 0 saturated heterocycles. The minimum absolute atomic E-state index is 0. The quantitative estimate of drug-likeness (QED) is 0.0415. The van der Waals surface area contributed by atoms with Crippen LogP contribution in [0.5, 0.6) is 0 Å². The summed E-state index contributed by atoms with van der Waals surface area (Å²) < 4.78 is 65.6. The summed E-state index contributed by atoms with van der Waals surface area (Å²) in [6, 6.07) is 14.2. The molecule has 14 rings (SSSR count). The second kappa shape index (κ2) is 17.1. The molecule has 6 aromatic carbocycles. The number of nitrogens with zero attached hydrogens (tertiary/aromatic N) is 2. The van der Waals surface area contributed by atoms with Crippen molar-refractivity contribution in [2.24, 2.45) is 0 Å². The number of aromatic amines is 2. The van der Waals surface area contributed by atoms with Gasteiger partial charge in [-0.1, -0.05) is 0 Å². The maximum Gasteiger partial charge on any atom is 0.347 e. The molecule has 75 heavy (non-hydrogen) atoms. The summed E-state index contributed by atoms with van der Waals surface area (Å²) in [6.45, 7) is 1.08. The molecular formula is C52H40F4N6O13. The number of benzene rings is 6. The molecule has 2 fully saturated rings. The van der Waals surface area contributed by atoms with Gasteiger partial charge in [-0.2, -0.15) is 0 Å². The average Bonchev–Trinajstić information content (AvgIpc) is 4.23. The van der Waals surface area contributed by atoms with Crippen molar-refractivity contribution in [3.63, 3.8) is 0 Å². The molecule has 13 N–H and O–H groups in total. The standard InChI is InChI=1S/C25H17F2N3O5.C25H16F2N2O6.C2H4O2.H3N/c26-8-1-3-12-10(5-8)16-18-19(25(35)29-24(18)34)17-11-6-9(27)2-4-13(11)30(21(17)20(16)28-12)14-7-15(31)23(33)22(14)32;26-8-1-3-12-10(5-8)16-18-19(25(34)35-24(18)33)17-11-6-9(27)2-4-13(11)29(21(17)20(16)28-12)14-7-15(30)23(32)22(14)31;1-2(3)4;/h1-6,14-15,22-23,28,31-33H,7H2,(H,29,34,35);1-6,14-15,22-23,28,30-32H,7H2;1H3,(H,3,4);1H3/t2*14?,15-,22-,23+;;/m00../s1. The molecule has 2 amide bonds. The Balaban J connectivity index is 0.000000148. The van der Waals surface area contributed by atoms with Crippen LogP contribution in [0.15, 0.2) is 72.8 Å². The van der Waals surface area contributed by atoms with Crippen LogP contribution in [0.2, 0.25) is 0 Å². The number of aliphatic hydroxyl groups excluding tert-OH is 6. The first-order valence-electron chi connectivity index (χ1n) is 23.0. The molecular weight excluding hydrogens is 993 g/mol. The first kappa shape index (κ1) is 48.9. The van der Waals surface area contributed by atoms with Gasteiger partial charge in [0.1, 0.15) is 47.7 Å². The Morgan fingerprint density at radius 1 is 0.533 bits per heavy atom. The highest BCUT2D eigenvalue weighted by molar-refractivity contribution is 6.40. The number of carboxylic acid groups (broad SMARTS) is 1. The highest BCUT2D eigenvalue weighted by Gasteiger charge is 2.46. The molecule has 2 unspecified atom stereocenters. The van der Waals surface area contributed by atoms with Crippen LogP contribution in [0.1, 0.15) is 73.3 Å². The number of hydrogen-bond donors (Lipinski definition) is 11. The number of aliphatic carboxylic acids is 1. The van der Waals surface area contributed by atoms with E-state index >= 15 is 0 Å². The third-order valence-electron chi connectivity index (χ3n) is 14.6. The van der Waals surface area contributed by atoms with E-state index in [1.54, 1.807) is 9.13 Å². The van der Waals surface area contributed by atoms with Crippen LogP contribution in [0.4, 0.5) is 17.6 Å². The summed E-state index contributed by atoms with van der Waals surface area (Å²) in [7, 11) is 0. The Hall–Kier alpha value is -8.29. The number of hydrogen-bond acceptors (Lipinski definition) is 13. The van der Waals surface area contributed by atoms with Crippen molar-refractivity contribution in [1.82, 2.24) is 30.6 Å². The number of carbonyl (C=O) groups excluding carboxylic acids is 4. The van der Waals surface area contributed by atoms with Crippen LogP contribution in [0.25, 0.3) is 87.2 Å². The fourth-order valence-electron chi connectivity index (χ4n) is 11.7. The predicted molar refractivity (Wildman–Crippen MR) is 261 cm³/mol. The van der Waals surface area contributed by atoms with E-state index in [9.17, 15) is 67.4 Å². The molecule has 4 aliphatic rings. The summed E-state index contributed by atoms with van der Waals surface area (Å²) in [4.78, 5) is 67.1. The fraction of sp³-hybridized carbons (Fsp3) is 0.212. The Kier molecular flexibility index (Phi) is 11.2. The van der Waals surface area contributed by atoms with Crippen molar-refractivity contribution >= 4 is 117 Å². The summed E-state index contributed by atoms with van der Waals surface area (Å²) in [5.41, 5.74) is 3.28. The third-order valence-corrected chi connectivity index (χ3v) is 14.6. The van der Waals surface area contributed by atoms with Gasteiger partial charge in [0, 0.05) is 72.1 Å². The van der Waals surface area contributed by atoms with Gasteiger partial charge in [0.15, 0.2) is 0 Å². The normalized spacial score (nSPS) is 23.1. The van der Waals surface area contributed by atoms with Gasteiger partial charge in [-0.3, -0.25) is 19.7 Å². The number of carboxylic acids is 1. The van der Waals surface area contributed by atoms with Gasteiger partial charge in [-0.25, -0.2) is 27.2 Å². The number of aromatic nitrogens is 4. The molecule has 0 spiro atoms. The van der Waals surface area contributed by atoms with Gasteiger partial charge in [0.2, 0.25) is 0 Å². The Morgan fingerprint density at radius 2 is 0.880 bits per heavy atom. The van der Waals surface area contributed by atoms with Gasteiger partial charge < -0.3 is 65.7 Å². The number of imide groups is 1. The molecule has 2 aliphatic carbocycles. The highest BCUT2D eigenvalue weighted by atomic mass is 19.1. The van der Waals surface area contributed by atoms with Gasteiger partial charge in [0.05, 0.1) is 68.6 Å². The molecule has 4 aromatic heterocycles. The molecule has 0 radical (unpaired) electrons. The smallest absolute Gasteiger partial charge is 0.347 e. The van der Waals surface area contributed by atoms with Crippen molar-refractivity contribution in [2.45, 2.75) is 68.5 Å². The minimum atomic E-state index is -1.42. The van der Waals surface area contributed by atoms with Gasteiger partial charge in [-0.05, 0) is 85.6 Å². The number of cyclic esters (lactones) is 2. The highest BCUT2D eigenvalue weighted by Crippen LogP contribution is 2.49. The number of esters is 2. The number of ether oxygens (including phenoxy) is 1. The predicted octanol–water partition coefficient (Wildman–Crippen LogP) is 5.92. The lowest BCUT2D eigenvalue weighted by Gasteiger charge is -2.21. The van der Waals surface area contributed by atoms with Gasteiger partial charge in [-0.15, -0.1) is 0 Å². The largest absolute Gasteiger partial charge is 0.481 e. The van der Waals surface area contributed by atoms with Crippen molar-refractivity contribution in [3.05, 3.63) is 118 Å². The van der Waals surface area contributed by atoms with Crippen molar-refractivity contribution < 1.29 is 82.0 Å². The topological polar surface area (TPSA) is 325 Å². The monoisotopic (exact) mass is 1030 g/mol. The zero-order valence-corrected chi connectivity index (χ0v) is 38.7. The molecule has 10 aromatic rings. The average molecular weight is 1030 g/mol. The molecule has 0 bridgehead atoms. The molecule has 384 valence electrons. The maximum atomic E-state index is 14.4. The Labute approximate surface area is 415 Å². The third kappa shape index (κ3) is 6.96. The van der Waals surface area contributed by atoms with Crippen LogP contribution < -0.4 is 11.5 Å². The van der Waals surface area contributed by atoms with E-state index in [4.69, 9.17) is 14.6 Å². The molecule has 23 heteroatoms. The summed E-state index contributed by atoms with van der Waals surface area (Å²) >= 11 is 0. The van der Waals surface area contributed by atoms with Crippen molar-refractivity contribution in [3.8, 4) is 0 Å². The lowest BCUT2D eigenvalue weighted by Crippen LogP contribution is -2.31. The van der Waals surface area contributed by atoms with Crippen LogP contribution in [0, 0.1) is 23.3 Å². The Bertz CT molecular complexity index is 3950. The lowest BCUT2D eigenvalue weighted by atomic mass is 9.96. The summed E-state index contributed by atoms with van der Waals surface area (Å²) in [5.74, 6) is -6.20. The molecule has 19 nitrogen and oxygen atoms in total. The maximum absolute atomic E-state index is 14.4. The van der Waals surface area contributed by atoms with Crippen LogP contribution >= 0.6 is 0 Å². The minimum Gasteiger partial charge on any atom is -0.481 e. The zero-order valence-electron chi connectivity index (χ0n) is 38.7. The van der Waals surface area contributed by atoms with E-state index in [0.717, 1.165) is 6.92 Å². The zero-order chi connectivity index (χ0) is 52.2. The summed E-state index contributed by atoms with van der Waals surface area (Å²) in [6.07, 6.45) is -7.97. The number of rotatable bonds is 2. The summed E-state index contributed by atoms with van der Waals surface area (Å²) in [5, 5.41) is 74.9. The number of halogens is 4. The lowest BCUT2D eigenvalue weighted by molar-refractivity contribution is -0.134. The molecule has 8 atom stereocenters. The van der Waals surface area contributed by atoms with E-state index in [-0.39, 0.29) is 57.4 Å². The van der Waals surface area contributed by atoms with Crippen molar-refractivity contribution in [2.75, 3.05) is 0 Å². The van der Waals surface area contributed by atoms with Crippen LogP contribution in [-0.4, -0.2) is 121 Å². The molecule has 2 saturated carbocycles. The number of amides is 2. The number of aliphatic hydroxyl groups is 6. The molecule has 2 aliphatic heterocycles. The first-order valence-corrected chi connectivity index (χ1v) is 23.0. The first-order chi connectivity index (χ1) is 35.2. The number of nitrogens with one attached hydrogen (secondary N) is 3. The second-order valence-corrected chi connectivity index (χ2v) is 18.8. The van der Waals surface area contributed by atoms with E-state index < -0.39 is 102 Å². The Morgan fingerprint density at radius 3 is 1.28 bits per heavy atom. The van der Waals surface area contributed by atoms with Gasteiger partial charge >= 0.3 is 11.9 Å². The van der Waals surface area contributed by atoms with E-state index in [0.29, 0.717) is 71.1 Å². The van der Waals surface area contributed by atoms with Crippen LogP contribution in [-0.2, 0) is 9.53 Å². The second-order valence-electron chi connectivity index (χ2n) is 18.8. The number of fused-ring (bicyclic) bond motifs is 20. The SMILES string of the molecule is CC(=O)O.N.O=C1NC(=O)c2c1c1c3cc(F)ccc3[nH]c1c1c2c2cc(F)ccc2n1C1C[C@H](O)[C@@H](O)[C@H]1O.O=C1OC(=O)c2c1c1c3cc(F)ccc3[nH]c1c1c2c2cc(F)ccc2n1C1C[C@H](O)[C@@H](O)[C@H]1O. The van der Waals surface area contributed by atoms with Crippen molar-refractivity contribution in [1.29, 1.82) is 0 Å². The molecule has 6 heterocycles. The van der Waals surface area contributed by atoms with Crippen LogP contribution in [0.3, 0.4) is 0 Å². The number of carbonyl (C=O) groups is 5. The number of H-pyrrole nitrogens is 2. The van der Waals surface area contributed by atoms with E-state index in [1.165, 1.54) is 72.8 Å². The van der Waals surface area contributed by atoms with E-state index in [2.05, 4.69) is 15.3 Å².